The van der Waals surface area contributed by atoms with Crippen molar-refractivity contribution in [2.75, 3.05) is 25.0 Å². The molecule has 4 nitrogen and oxygen atoms in total. The van der Waals surface area contributed by atoms with Gasteiger partial charge in [0.15, 0.2) is 28.4 Å². The van der Waals surface area contributed by atoms with Gasteiger partial charge in [0.2, 0.25) is 5.91 Å². The number of benzene rings is 2. The van der Waals surface area contributed by atoms with Crippen molar-refractivity contribution in [1.82, 2.24) is 9.80 Å². The van der Waals surface area contributed by atoms with Crippen molar-refractivity contribution in [1.29, 1.82) is 0 Å². The van der Waals surface area contributed by atoms with Crippen molar-refractivity contribution in [2.45, 2.75) is 12.5 Å². The Morgan fingerprint density at radius 2 is 1.76 bits per heavy atom. The van der Waals surface area contributed by atoms with Crippen LogP contribution in [0.5, 0.6) is 0 Å². The predicted octanol–water partition coefficient (Wildman–Crippen LogP) is 3.52. The SMILES string of the molecule is O=C1CN(C(=S)Nc2c(F)c(F)cc(F)c2F)CC2c3cc(F)ccc3CCN12. The minimum Gasteiger partial charge on any atom is -0.337 e. The van der Waals surface area contributed by atoms with Gasteiger partial charge in [-0.3, -0.25) is 4.79 Å². The van der Waals surface area contributed by atoms with E-state index in [1.165, 1.54) is 17.0 Å². The number of thiocarbonyl (C=S) groups is 1. The van der Waals surface area contributed by atoms with Gasteiger partial charge < -0.3 is 15.1 Å². The molecule has 29 heavy (non-hydrogen) atoms. The van der Waals surface area contributed by atoms with Gasteiger partial charge in [-0.25, -0.2) is 22.0 Å². The van der Waals surface area contributed by atoms with Crippen LogP contribution in [-0.2, 0) is 11.2 Å². The van der Waals surface area contributed by atoms with Crippen molar-refractivity contribution in [2.24, 2.45) is 0 Å². The zero-order valence-electron chi connectivity index (χ0n) is 14.8. The third kappa shape index (κ3) is 3.41. The number of amides is 1. The van der Waals surface area contributed by atoms with Crippen LogP contribution in [0.25, 0.3) is 0 Å². The summed E-state index contributed by atoms with van der Waals surface area (Å²) in [6.07, 6.45) is 0.583. The third-order valence-corrected chi connectivity index (χ3v) is 5.50. The van der Waals surface area contributed by atoms with E-state index in [1.54, 1.807) is 11.0 Å². The van der Waals surface area contributed by atoms with E-state index in [0.717, 1.165) is 5.56 Å². The summed E-state index contributed by atoms with van der Waals surface area (Å²) in [5.41, 5.74) is 0.453. The van der Waals surface area contributed by atoms with E-state index in [0.29, 0.717) is 18.5 Å². The molecule has 2 aromatic carbocycles. The summed E-state index contributed by atoms with van der Waals surface area (Å²) in [7, 11) is 0. The normalized spacial score (nSPS) is 18.4. The van der Waals surface area contributed by atoms with Crippen LogP contribution in [0.1, 0.15) is 17.2 Å². The smallest absolute Gasteiger partial charge is 0.242 e. The van der Waals surface area contributed by atoms with Crippen LogP contribution in [0, 0.1) is 29.1 Å². The maximum absolute atomic E-state index is 13.9. The van der Waals surface area contributed by atoms with Crippen LogP contribution < -0.4 is 5.32 Å². The van der Waals surface area contributed by atoms with Crippen molar-refractivity contribution >= 4 is 28.9 Å². The molecule has 0 bridgehead atoms. The molecule has 152 valence electrons. The number of hydrogen-bond donors (Lipinski definition) is 1. The average molecular weight is 427 g/mol. The second-order valence-electron chi connectivity index (χ2n) is 6.85. The highest BCUT2D eigenvalue weighted by Gasteiger charge is 2.38. The molecular formula is C19H14F5N3OS. The fourth-order valence-corrected chi connectivity index (χ4v) is 3.96. The van der Waals surface area contributed by atoms with Gasteiger partial charge in [-0.2, -0.15) is 0 Å². The Labute approximate surface area is 167 Å². The Morgan fingerprint density at radius 1 is 1.07 bits per heavy atom. The fraction of sp³-hybridized carbons (Fsp3) is 0.263. The predicted molar refractivity (Wildman–Crippen MR) is 98.6 cm³/mol. The summed E-state index contributed by atoms with van der Waals surface area (Å²) < 4.78 is 68.4. The Kier molecular flexibility index (Phi) is 4.89. The van der Waals surface area contributed by atoms with E-state index >= 15 is 0 Å². The van der Waals surface area contributed by atoms with Crippen LogP contribution in [0.3, 0.4) is 0 Å². The van der Waals surface area contributed by atoms with Gasteiger partial charge in [0.25, 0.3) is 0 Å². The number of halogens is 5. The number of fused-ring (bicyclic) bond motifs is 3. The molecule has 2 aliphatic rings. The summed E-state index contributed by atoms with van der Waals surface area (Å²) in [5.74, 6) is -7.15. The zero-order valence-corrected chi connectivity index (χ0v) is 15.6. The molecule has 1 saturated heterocycles. The van der Waals surface area contributed by atoms with E-state index in [4.69, 9.17) is 12.2 Å². The number of carbonyl (C=O) groups is 1. The number of nitrogens with one attached hydrogen (secondary N) is 1. The first-order chi connectivity index (χ1) is 13.8. The lowest BCUT2D eigenvalue weighted by Crippen LogP contribution is -2.56. The summed E-state index contributed by atoms with van der Waals surface area (Å²) in [5, 5.41) is 1.89. The topological polar surface area (TPSA) is 35.6 Å². The molecule has 0 spiro atoms. The molecule has 2 aliphatic heterocycles. The zero-order chi connectivity index (χ0) is 20.9. The van der Waals surface area contributed by atoms with Crippen molar-refractivity contribution in [3.05, 3.63) is 64.5 Å². The maximum Gasteiger partial charge on any atom is 0.242 e. The second kappa shape index (κ2) is 7.25. The Bertz CT molecular complexity index is 1010. The number of hydrogen-bond acceptors (Lipinski definition) is 2. The molecule has 0 aromatic heterocycles. The van der Waals surface area contributed by atoms with Gasteiger partial charge in [0, 0.05) is 19.2 Å². The number of anilines is 1. The highest BCUT2D eigenvalue weighted by atomic mass is 32.1. The largest absolute Gasteiger partial charge is 0.337 e. The van der Waals surface area contributed by atoms with Gasteiger partial charge in [-0.1, -0.05) is 6.07 Å². The van der Waals surface area contributed by atoms with Gasteiger partial charge in [-0.15, -0.1) is 0 Å². The standard InChI is InChI=1S/C19H14F5N3OS/c20-10-2-1-9-3-4-27-14(11(9)5-10)7-26(8-15(27)28)19(29)25-18-16(23)12(21)6-13(22)17(18)24/h1-2,5-6,14H,3-4,7-8H2,(H,25,29). The molecule has 0 radical (unpaired) electrons. The lowest BCUT2D eigenvalue weighted by atomic mass is 9.90. The molecule has 1 unspecified atom stereocenters. The molecular weight excluding hydrogens is 413 g/mol. The van der Waals surface area contributed by atoms with Crippen molar-refractivity contribution in [3.63, 3.8) is 0 Å². The van der Waals surface area contributed by atoms with Crippen molar-refractivity contribution in [3.8, 4) is 0 Å². The molecule has 1 atom stereocenters. The van der Waals surface area contributed by atoms with Crippen LogP contribution in [0.2, 0.25) is 0 Å². The molecule has 1 N–H and O–H groups in total. The highest BCUT2D eigenvalue weighted by Crippen LogP contribution is 2.34. The van der Waals surface area contributed by atoms with E-state index in [-0.39, 0.29) is 30.2 Å². The van der Waals surface area contributed by atoms with Crippen molar-refractivity contribution < 1.29 is 26.7 Å². The molecule has 2 aromatic rings. The third-order valence-electron chi connectivity index (χ3n) is 5.14. The minimum absolute atomic E-state index is 0.0920. The monoisotopic (exact) mass is 427 g/mol. The van der Waals surface area contributed by atoms with E-state index in [9.17, 15) is 26.7 Å². The number of nitrogens with zero attached hydrogens (tertiary/aromatic N) is 2. The van der Waals surface area contributed by atoms with Crippen LogP contribution >= 0.6 is 12.2 Å². The first-order valence-corrected chi connectivity index (χ1v) is 9.13. The van der Waals surface area contributed by atoms with E-state index in [1.807, 2.05) is 0 Å². The molecule has 4 rings (SSSR count). The molecule has 0 aliphatic carbocycles. The number of rotatable bonds is 1. The maximum atomic E-state index is 13.9. The summed E-state index contributed by atoms with van der Waals surface area (Å²) in [6.45, 7) is 0.400. The minimum atomic E-state index is -1.62. The molecule has 1 amide bonds. The Balaban J connectivity index is 1.61. The molecule has 2 heterocycles. The lowest BCUT2D eigenvalue weighted by Gasteiger charge is -2.45. The van der Waals surface area contributed by atoms with Gasteiger partial charge in [0.1, 0.15) is 11.5 Å². The second-order valence-corrected chi connectivity index (χ2v) is 7.24. The molecule has 10 heteroatoms. The summed E-state index contributed by atoms with van der Waals surface area (Å²) in [4.78, 5) is 15.5. The van der Waals surface area contributed by atoms with Crippen LogP contribution in [0.15, 0.2) is 24.3 Å². The average Bonchev–Trinajstić information content (AvgIpc) is 2.69. The number of carbonyl (C=O) groups excluding carboxylic acids is 1. The van der Waals surface area contributed by atoms with Gasteiger partial charge >= 0.3 is 0 Å². The first kappa shape index (κ1) is 19.6. The number of piperazine rings is 1. The summed E-state index contributed by atoms with van der Waals surface area (Å²) >= 11 is 5.12. The quantitative estimate of drug-likeness (QED) is 0.429. The molecule has 1 fully saturated rings. The highest BCUT2D eigenvalue weighted by molar-refractivity contribution is 7.80. The fourth-order valence-electron chi connectivity index (χ4n) is 3.71. The Hall–Kier alpha value is -2.75. The first-order valence-electron chi connectivity index (χ1n) is 8.73. The van der Waals surface area contributed by atoms with Gasteiger partial charge in [0.05, 0.1) is 12.6 Å². The Morgan fingerprint density at radius 3 is 2.45 bits per heavy atom. The van der Waals surface area contributed by atoms with Crippen LogP contribution in [-0.4, -0.2) is 40.5 Å². The lowest BCUT2D eigenvalue weighted by molar-refractivity contribution is -0.138. The summed E-state index contributed by atoms with van der Waals surface area (Å²) in [6, 6.07) is 3.93. The van der Waals surface area contributed by atoms with E-state index < -0.39 is 40.8 Å². The van der Waals surface area contributed by atoms with Gasteiger partial charge in [-0.05, 0) is 41.9 Å². The van der Waals surface area contributed by atoms with E-state index in [2.05, 4.69) is 5.32 Å². The van der Waals surface area contributed by atoms with Crippen LogP contribution in [0.4, 0.5) is 27.6 Å². The molecule has 0 saturated carbocycles.